The van der Waals surface area contributed by atoms with E-state index in [1.54, 1.807) is 25.2 Å². The van der Waals surface area contributed by atoms with Crippen LogP contribution in [0, 0.1) is 5.82 Å². The third-order valence-electron chi connectivity index (χ3n) is 5.13. The van der Waals surface area contributed by atoms with Gasteiger partial charge in [0.15, 0.2) is 11.5 Å². The Bertz CT molecular complexity index is 948. The molecule has 1 aliphatic heterocycles. The van der Waals surface area contributed by atoms with Crippen molar-refractivity contribution < 1.29 is 23.5 Å². The minimum atomic E-state index is -0.481. The van der Waals surface area contributed by atoms with E-state index >= 15 is 0 Å². The van der Waals surface area contributed by atoms with Crippen molar-refractivity contribution in [3.8, 4) is 11.5 Å². The number of carbonyl (C=O) groups excluding carboxylic acids is 2. The second-order valence-electron chi connectivity index (χ2n) is 7.16. The van der Waals surface area contributed by atoms with Crippen molar-refractivity contribution in [2.24, 2.45) is 0 Å². The zero-order valence-corrected chi connectivity index (χ0v) is 18.2. The minimum absolute atomic E-state index is 0.0990. The van der Waals surface area contributed by atoms with Crippen molar-refractivity contribution in [1.82, 2.24) is 15.1 Å². The molecule has 1 saturated heterocycles. The molecule has 2 aromatic rings. The third kappa shape index (κ3) is 5.86. The average Bonchev–Trinajstić information content (AvgIpc) is 2.77. The number of rotatable bonds is 7. The van der Waals surface area contributed by atoms with Gasteiger partial charge in [-0.2, -0.15) is 0 Å². The van der Waals surface area contributed by atoms with E-state index in [-0.39, 0.29) is 28.9 Å². The summed E-state index contributed by atoms with van der Waals surface area (Å²) in [5, 5.41) is 3.00. The van der Waals surface area contributed by atoms with Gasteiger partial charge in [0.25, 0.3) is 5.91 Å². The second-order valence-corrected chi connectivity index (χ2v) is 7.57. The van der Waals surface area contributed by atoms with E-state index in [9.17, 15) is 14.0 Å². The maximum atomic E-state index is 13.2. The first-order valence-corrected chi connectivity index (χ1v) is 10.2. The quantitative estimate of drug-likeness (QED) is 0.703. The molecule has 1 N–H and O–H groups in total. The predicted molar refractivity (Wildman–Crippen MR) is 115 cm³/mol. The smallest absolute Gasteiger partial charge is 0.255 e. The van der Waals surface area contributed by atoms with Gasteiger partial charge >= 0.3 is 0 Å². The number of methoxy groups -OCH3 is 2. The normalized spacial score (nSPS) is 14.3. The number of amides is 2. The van der Waals surface area contributed by atoms with Crippen molar-refractivity contribution in [3.05, 3.63) is 58.4 Å². The Morgan fingerprint density at radius 1 is 1.03 bits per heavy atom. The molecule has 166 valence electrons. The van der Waals surface area contributed by atoms with Crippen LogP contribution >= 0.6 is 11.6 Å². The summed E-state index contributed by atoms with van der Waals surface area (Å²) in [6.07, 6.45) is 0. The van der Waals surface area contributed by atoms with Gasteiger partial charge in [0.2, 0.25) is 5.91 Å². The lowest BCUT2D eigenvalue weighted by molar-refractivity contribution is -0.122. The lowest BCUT2D eigenvalue weighted by atomic mass is 10.1. The average molecular weight is 450 g/mol. The SMILES string of the molecule is COc1ccc(CNC(=O)CN2CCN(C(=O)c3ccc(F)cc3Cl)CC2)cc1OC. The van der Waals surface area contributed by atoms with Crippen LogP contribution in [0.5, 0.6) is 11.5 Å². The molecule has 0 spiro atoms. The predicted octanol–water partition coefficient (Wildman–Crippen LogP) is 2.57. The van der Waals surface area contributed by atoms with E-state index in [1.165, 1.54) is 12.1 Å². The maximum Gasteiger partial charge on any atom is 0.255 e. The van der Waals surface area contributed by atoms with Crippen LogP contribution < -0.4 is 14.8 Å². The third-order valence-corrected chi connectivity index (χ3v) is 5.44. The molecule has 2 amide bonds. The Morgan fingerprint density at radius 2 is 1.74 bits per heavy atom. The van der Waals surface area contributed by atoms with Gasteiger partial charge in [-0.15, -0.1) is 0 Å². The number of halogens is 2. The summed E-state index contributed by atoms with van der Waals surface area (Å²) in [5.74, 6) is 0.423. The molecule has 1 heterocycles. The number of nitrogens with one attached hydrogen (secondary N) is 1. The topological polar surface area (TPSA) is 71.1 Å². The Labute approximate surface area is 185 Å². The van der Waals surface area contributed by atoms with Gasteiger partial charge < -0.3 is 19.7 Å². The van der Waals surface area contributed by atoms with E-state index in [1.807, 2.05) is 17.0 Å². The van der Waals surface area contributed by atoms with Crippen LogP contribution in [0.3, 0.4) is 0 Å². The van der Waals surface area contributed by atoms with Gasteiger partial charge in [-0.25, -0.2) is 4.39 Å². The molecule has 0 radical (unpaired) electrons. The fourth-order valence-electron chi connectivity index (χ4n) is 3.39. The molecule has 31 heavy (non-hydrogen) atoms. The highest BCUT2D eigenvalue weighted by Crippen LogP contribution is 2.27. The molecular formula is C22H25ClFN3O4. The summed E-state index contributed by atoms with van der Waals surface area (Å²) < 4.78 is 23.7. The van der Waals surface area contributed by atoms with E-state index in [0.29, 0.717) is 44.2 Å². The Hall–Kier alpha value is -2.84. The molecule has 2 aromatic carbocycles. The Morgan fingerprint density at radius 3 is 2.39 bits per heavy atom. The molecule has 0 aromatic heterocycles. The maximum absolute atomic E-state index is 13.2. The lowest BCUT2D eigenvalue weighted by Crippen LogP contribution is -2.51. The van der Waals surface area contributed by atoms with Crippen molar-refractivity contribution in [2.75, 3.05) is 46.9 Å². The van der Waals surface area contributed by atoms with Gasteiger partial charge in [0.05, 0.1) is 31.4 Å². The number of ether oxygens (including phenoxy) is 2. The zero-order chi connectivity index (χ0) is 22.4. The number of piperazine rings is 1. The summed E-state index contributed by atoms with van der Waals surface area (Å²) in [6.45, 7) is 2.68. The molecule has 9 heteroatoms. The van der Waals surface area contributed by atoms with Crippen LogP contribution in [-0.4, -0.2) is 68.6 Å². The highest BCUT2D eigenvalue weighted by atomic mass is 35.5. The largest absolute Gasteiger partial charge is 0.493 e. The van der Waals surface area contributed by atoms with Crippen molar-refractivity contribution in [3.63, 3.8) is 0 Å². The van der Waals surface area contributed by atoms with Crippen LogP contribution in [0.2, 0.25) is 5.02 Å². The van der Waals surface area contributed by atoms with E-state index < -0.39 is 5.82 Å². The number of benzene rings is 2. The van der Waals surface area contributed by atoms with Crippen molar-refractivity contribution >= 4 is 23.4 Å². The minimum Gasteiger partial charge on any atom is -0.493 e. The van der Waals surface area contributed by atoms with Crippen molar-refractivity contribution in [2.45, 2.75) is 6.54 Å². The lowest BCUT2D eigenvalue weighted by Gasteiger charge is -2.34. The summed E-state index contributed by atoms with van der Waals surface area (Å²) in [6, 6.07) is 9.24. The molecule has 0 bridgehead atoms. The van der Waals surface area contributed by atoms with Crippen molar-refractivity contribution in [1.29, 1.82) is 0 Å². The molecule has 7 nitrogen and oxygen atoms in total. The van der Waals surface area contributed by atoms with Gasteiger partial charge in [0, 0.05) is 32.7 Å². The first-order chi connectivity index (χ1) is 14.9. The van der Waals surface area contributed by atoms with E-state index in [4.69, 9.17) is 21.1 Å². The standard InChI is InChI=1S/C22H25ClFN3O4/c1-30-19-6-3-15(11-20(19)31-2)13-25-21(28)14-26-7-9-27(10-8-26)22(29)17-5-4-16(24)12-18(17)23/h3-6,11-12H,7-10,13-14H2,1-2H3,(H,25,28). The Balaban J connectivity index is 1.46. The number of hydrogen-bond acceptors (Lipinski definition) is 5. The molecule has 0 unspecified atom stereocenters. The van der Waals surface area contributed by atoms with Crippen LogP contribution in [0.25, 0.3) is 0 Å². The van der Waals surface area contributed by atoms with Gasteiger partial charge in [0.1, 0.15) is 5.82 Å². The van der Waals surface area contributed by atoms with Crippen LogP contribution in [0.4, 0.5) is 4.39 Å². The van der Waals surface area contributed by atoms with E-state index in [2.05, 4.69) is 5.32 Å². The van der Waals surface area contributed by atoms with Crippen LogP contribution in [-0.2, 0) is 11.3 Å². The molecule has 0 saturated carbocycles. The highest BCUT2D eigenvalue weighted by molar-refractivity contribution is 6.33. The first kappa shape index (κ1) is 22.8. The van der Waals surface area contributed by atoms with Gasteiger partial charge in [-0.3, -0.25) is 14.5 Å². The fourth-order valence-corrected chi connectivity index (χ4v) is 3.64. The summed E-state index contributed by atoms with van der Waals surface area (Å²) in [4.78, 5) is 28.6. The zero-order valence-electron chi connectivity index (χ0n) is 17.5. The molecule has 0 atom stereocenters. The highest BCUT2D eigenvalue weighted by Gasteiger charge is 2.24. The summed E-state index contributed by atoms with van der Waals surface area (Å²) in [5.41, 5.74) is 1.18. The molecule has 1 fully saturated rings. The molecular weight excluding hydrogens is 425 g/mol. The molecule has 3 rings (SSSR count). The summed E-state index contributed by atoms with van der Waals surface area (Å²) >= 11 is 6.00. The number of nitrogens with zero attached hydrogens (tertiary/aromatic N) is 2. The number of hydrogen-bond donors (Lipinski definition) is 1. The Kier molecular flexibility index (Phi) is 7.70. The van der Waals surface area contributed by atoms with Crippen LogP contribution in [0.1, 0.15) is 15.9 Å². The first-order valence-electron chi connectivity index (χ1n) is 9.85. The van der Waals surface area contributed by atoms with E-state index in [0.717, 1.165) is 11.6 Å². The molecule has 1 aliphatic rings. The van der Waals surface area contributed by atoms with Gasteiger partial charge in [-0.1, -0.05) is 17.7 Å². The summed E-state index contributed by atoms with van der Waals surface area (Å²) in [7, 11) is 3.13. The molecule has 0 aliphatic carbocycles. The second kappa shape index (κ2) is 10.5. The monoisotopic (exact) mass is 449 g/mol. The van der Waals surface area contributed by atoms with Gasteiger partial charge in [-0.05, 0) is 35.9 Å². The number of carbonyl (C=O) groups is 2. The van der Waals surface area contributed by atoms with Crippen LogP contribution in [0.15, 0.2) is 36.4 Å². The fraction of sp³-hybridized carbons (Fsp3) is 0.364.